The number of aromatic nitrogens is 5. The fraction of sp³-hybridized carbons (Fsp3) is 0.467. The second-order valence-electron chi connectivity index (χ2n) is 11.2. The minimum Gasteiger partial charge on any atom is -0.493 e. The third kappa shape index (κ3) is 6.07. The SMILES string of the molecule is CCOc1cc(C(=O)Nc2cc(C(F)(F)F)n(C)n2)ccc1-c1nc([C@H]2CN(C3CCOCC3)[C@@H](C)CO2)n2ccnc(N)c12. The van der Waals surface area contributed by atoms with E-state index in [2.05, 4.69) is 27.2 Å². The summed E-state index contributed by atoms with van der Waals surface area (Å²) in [6.07, 6.45) is 0.375. The number of hydrogen-bond donors (Lipinski definition) is 2. The maximum atomic E-state index is 13.2. The van der Waals surface area contributed by atoms with Crippen LogP contribution in [0.2, 0.25) is 0 Å². The summed E-state index contributed by atoms with van der Waals surface area (Å²) >= 11 is 0. The molecule has 0 saturated carbocycles. The number of aryl methyl sites for hydroxylation is 1. The topological polar surface area (TPSA) is 134 Å². The normalized spacial score (nSPS) is 20.0. The van der Waals surface area contributed by atoms with Gasteiger partial charge in [0.15, 0.2) is 5.82 Å². The molecule has 0 aliphatic carbocycles. The molecule has 0 radical (unpaired) electrons. The lowest BCUT2D eigenvalue weighted by molar-refractivity contribution is -0.143. The van der Waals surface area contributed by atoms with Crippen molar-refractivity contribution in [3.05, 3.63) is 53.7 Å². The molecule has 45 heavy (non-hydrogen) atoms. The number of hydrogen-bond acceptors (Lipinski definition) is 9. The molecule has 0 spiro atoms. The minimum atomic E-state index is -4.61. The van der Waals surface area contributed by atoms with Crippen LogP contribution in [-0.2, 0) is 22.7 Å². The first kappa shape index (κ1) is 30.8. The highest BCUT2D eigenvalue weighted by molar-refractivity contribution is 6.04. The summed E-state index contributed by atoms with van der Waals surface area (Å²) in [4.78, 5) is 24.9. The predicted molar refractivity (Wildman–Crippen MR) is 159 cm³/mol. The van der Waals surface area contributed by atoms with E-state index >= 15 is 0 Å². The molecule has 240 valence electrons. The summed E-state index contributed by atoms with van der Waals surface area (Å²) in [6, 6.07) is 6.16. The van der Waals surface area contributed by atoms with Crippen molar-refractivity contribution in [3.8, 4) is 17.0 Å². The first-order valence-electron chi connectivity index (χ1n) is 14.8. The van der Waals surface area contributed by atoms with Gasteiger partial charge < -0.3 is 25.3 Å². The number of carbonyl (C=O) groups is 1. The molecule has 1 amide bonds. The molecule has 3 N–H and O–H groups in total. The average Bonchev–Trinajstić information content (AvgIpc) is 3.59. The van der Waals surface area contributed by atoms with Crippen molar-refractivity contribution in [1.82, 2.24) is 29.0 Å². The van der Waals surface area contributed by atoms with Crippen LogP contribution in [0.15, 0.2) is 36.7 Å². The maximum Gasteiger partial charge on any atom is 0.433 e. The van der Waals surface area contributed by atoms with Crippen LogP contribution in [0.3, 0.4) is 0 Å². The molecule has 12 nitrogen and oxygen atoms in total. The number of nitrogens with zero attached hydrogens (tertiary/aromatic N) is 6. The van der Waals surface area contributed by atoms with E-state index in [-0.39, 0.29) is 36.0 Å². The molecule has 1 aromatic carbocycles. The van der Waals surface area contributed by atoms with Crippen molar-refractivity contribution >= 4 is 23.1 Å². The molecule has 5 heterocycles. The smallest absolute Gasteiger partial charge is 0.433 e. The number of anilines is 2. The number of fused-ring (bicyclic) bond motifs is 1. The van der Waals surface area contributed by atoms with Crippen LogP contribution in [0, 0.1) is 0 Å². The Balaban J connectivity index is 1.34. The van der Waals surface area contributed by atoms with Crippen molar-refractivity contribution < 1.29 is 32.2 Å². The monoisotopic (exact) mass is 628 g/mol. The van der Waals surface area contributed by atoms with Crippen molar-refractivity contribution in [2.75, 3.05) is 44.0 Å². The number of carbonyl (C=O) groups excluding carboxylic acids is 1. The van der Waals surface area contributed by atoms with E-state index in [4.69, 9.17) is 24.9 Å². The molecule has 6 rings (SSSR count). The van der Waals surface area contributed by atoms with Gasteiger partial charge in [-0.2, -0.15) is 18.3 Å². The van der Waals surface area contributed by atoms with Gasteiger partial charge in [-0.3, -0.25) is 18.8 Å². The number of imidazole rings is 1. The largest absolute Gasteiger partial charge is 0.493 e. The predicted octanol–water partition coefficient (Wildman–Crippen LogP) is 4.32. The van der Waals surface area contributed by atoms with Crippen molar-refractivity contribution in [1.29, 1.82) is 0 Å². The molecule has 4 aromatic rings. The summed E-state index contributed by atoms with van der Waals surface area (Å²) < 4.78 is 60.1. The summed E-state index contributed by atoms with van der Waals surface area (Å²) in [5, 5.41) is 6.21. The third-order valence-corrected chi connectivity index (χ3v) is 8.25. The highest BCUT2D eigenvalue weighted by Crippen LogP contribution is 2.38. The van der Waals surface area contributed by atoms with Gasteiger partial charge in [0.25, 0.3) is 5.91 Å². The van der Waals surface area contributed by atoms with Crippen LogP contribution >= 0.6 is 0 Å². The van der Waals surface area contributed by atoms with Crippen LogP contribution in [0.4, 0.5) is 24.8 Å². The zero-order chi connectivity index (χ0) is 31.9. The van der Waals surface area contributed by atoms with Crippen LogP contribution in [0.25, 0.3) is 16.8 Å². The van der Waals surface area contributed by atoms with Crippen LogP contribution in [0.1, 0.15) is 54.7 Å². The second-order valence-corrected chi connectivity index (χ2v) is 11.2. The van der Waals surface area contributed by atoms with Gasteiger partial charge in [-0.15, -0.1) is 0 Å². The average molecular weight is 629 g/mol. The van der Waals surface area contributed by atoms with Crippen LogP contribution < -0.4 is 15.8 Å². The molecule has 2 aliphatic heterocycles. The Morgan fingerprint density at radius 3 is 2.71 bits per heavy atom. The summed E-state index contributed by atoms with van der Waals surface area (Å²) in [6.45, 7) is 6.92. The van der Waals surface area contributed by atoms with E-state index < -0.39 is 17.8 Å². The summed E-state index contributed by atoms with van der Waals surface area (Å²) in [5.74, 6) is 0.398. The Bertz CT molecular complexity index is 1700. The number of nitrogens with one attached hydrogen (secondary N) is 1. The van der Waals surface area contributed by atoms with Crippen molar-refractivity contribution in [3.63, 3.8) is 0 Å². The molecule has 15 heteroatoms. The highest BCUT2D eigenvalue weighted by Gasteiger charge is 2.37. The zero-order valence-electron chi connectivity index (χ0n) is 25.2. The number of nitrogen functional groups attached to an aromatic ring is 1. The molecular weight excluding hydrogens is 593 g/mol. The van der Waals surface area contributed by atoms with Gasteiger partial charge in [-0.1, -0.05) is 0 Å². The van der Waals surface area contributed by atoms with E-state index in [1.807, 2.05) is 4.40 Å². The highest BCUT2D eigenvalue weighted by atomic mass is 19.4. The lowest BCUT2D eigenvalue weighted by atomic mass is 10.0. The fourth-order valence-electron chi connectivity index (χ4n) is 6.08. The van der Waals surface area contributed by atoms with E-state index in [1.165, 1.54) is 6.07 Å². The van der Waals surface area contributed by atoms with E-state index in [0.29, 0.717) is 52.2 Å². The third-order valence-electron chi connectivity index (χ3n) is 8.25. The van der Waals surface area contributed by atoms with E-state index in [9.17, 15) is 18.0 Å². The Kier molecular flexibility index (Phi) is 8.41. The van der Waals surface area contributed by atoms with E-state index in [1.54, 1.807) is 31.5 Å². The Hall–Kier alpha value is -4.21. The van der Waals surface area contributed by atoms with Gasteiger partial charge in [0.1, 0.15) is 40.4 Å². The van der Waals surface area contributed by atoms with Crippen LogP contribution in [-0.4, -0.2) is 80.0 Å². The number of rotatable bonds is 7. The fourth-order valence-corrected chi connectivity index (χ4v) is 6.08. The number of alkyl halides is 3. The number of amides is 1. The van der Waals surface area contributed by atoms with Gasteiger partial charge in [-0.25, -0.2) is 9.97 Å². The lowest BCUT2D eigenvalue weighted by Crippen LogP contribution is -2.52. The Morgan fingerprint density at radius 1 is 1.22 bits per heavy atom. The molecule has 2 saturated heterocycles. The second kappa shape index (κ2) is 12.3. The van der Waals surface area contributed by atoms with Crippen LogP contribution in [0.5, 0.6) is 5.75 Å². The first-order valence-corrected chi connectivity index (χ1v) is 14.8. The van der Waals surface area contributed by atoms with Crippen molar-refractivity contribution in [2.24, 2.45) is 7.05 Å². The molecule has 2 atom stereocenters. The molecular formula is C30H35F3N8O4. The van der Waals surface area contributed by atoms with Crippen molar-refractivity contribution in [2.45, 2.75) is 51.1 Å². The van der Waals surface area contributed by atoms with E-state index in [0.717, 1.165) is 39.2 Å². The standard InChI is InChI=1S/C30H35F3N8O4/c1-4-44-21-13-18(29(42)36-24-14-23(30(31,32)33)39(3)38-24)5-6-20(21)25-26-27(34)35-9-10-40(26)28(37-25)22-15-41(17(2)16-45-22)19-7-11-43-12-8-19/h5-6,9-10,13-14,17,19,22H,4,7-8,11-12,15-16H2,1-3H3,(H2,34,35)(H,36,38,42)/t17-,22+/m0/s1. The zero-order valence-corrected chi connectivity index (χ0v) is 25.2. The first-order chi connectivity index (χ1) is 21.5. The summed E-state index contributed by atoms with van der Waals surface area (Å²) in [7, 11) is 1.16. The van der Waals surface area contributed by atoms with Gasteiger partial charge in [0.05, 0.1) is 13.2 Å². The Labute approximate surface area is 257 Å². The molecule has 2 fully saturated rings. The number of halogens is 3. The van der Waals surface area contributed by atoms with Gasteiger partial charge in [0, 0.05) is 68.5 Å². The summed E-state index contributed by atoms with van der Waals surface area (Å²) in [5.41, 5.74) is 7.23. The Morgan fingerprint density at radius 2 is 2.00 bits per heavy atom. The molecule has 0 unspecified atom stereocenters. The number of morpholine rings is 1. The maximum absolute atomic E-state index is 13.2. The lowest BCUT2D eigenvalue weighted by Gasteiger charge is -2.43. The minimum absolute atomic E-state index is 0.160. The number of ether oxygens (including phenoxy) is 3. The van der Waals surface area contributed by atoms with Gasteiger partial charge >= 0.3 is 6.18 Å². The molecule has 3 aromatic heterocycles. The molecule has 0 bridgehead atoms. The number of nitrogens with two attached hydrogens (primary N) is 1. The quantitative estimate of drug-likeness (QED) is 0.307. The number of benzene rings is 1. The van der Waals surface area contributed by atoms with Gasteiger partial charge in [-0.05, 0) is 44.9 Å². The van der Waals surface area contributed by atoms with Gasteiger partial charge in [0.2, 0.25) is 0 Å². The molecule has 2 aliphatic rings.